The molecule has 16 heavy (non-hydrogen) atoms. The smallest absolute Gasteiger partial charge is 0.167 e. The Bertz CT molecular complexity index is 370. The Hall–Kier alpha value is -1.09. The van der Waals surface area contributed by atoms with Crippen molar-refractivity contribution in [3.63, 3.8) is 0 Å². The Kier molecular flexibility index (Phi) is 3.15. The minimum absolute atomic E-state index is 0.188. The van der Waals surface area contributed by atoms with Crippen molar-refractivity contribution in [1.29, 1.82) is 0 Å². The molecule has 0 aliphatic heterocycles. The largest absolute Gasteiger partial charge is 0.488 e. The Labute approximate surface area is 95.1 Å². The molecular formula is C13H17FO2. The summed E-state index contributed by atoms with van der Waals surface area (Å²) in [6, 6.07) is 5.06. The van der Waals surface area contributed by atoms with E-state index in [1.165, 1.54) is 0 Å². The van der Waals surface area contributed by atoms with Crippen LogP contribution in [0.15, 0.2) is 18.2 Å². The van der Waals surface area contributed by atoms with Gasteiger partial charge in [-0.25, -0.2) is 4.39 Å². The van der Waals surface area contributed by atoms with Gasteiger partial charge in [0, 0.05) is 0 Å². The zero-order valence-corrected chi connectivity index (χ0v) is 9.50. The highest BCUT2D eigenvalue weighted by Crippen LogP contribution is 2.30. The molecule has 0 spiro atoms. The molecule has 88 valence electrons. The topological polar surface area (TPSA) is 29.5 Å². The average Bonchev–Trinajstić information content (AvgIpc) is 2.68. The standard InChI is InChI=1S/C13H17FO2/c1-10-5-4-6-11(12(10)14)16-9-13(15)7-2-3-8-13/h4-6,15H,2-3,7-9H2,1H3. The van der Waals surface area contributed by atoms with Crippen molar-refractivity contribution in [2.24, 2.45) is 0 Å². The van der Waals surface area contributed by atoms with Gasteiger partial charge < -0.3 is 9.84 Å². The summed E-state index contributed by atoms with van der Waals surface area (Å²) in [5.41, 5.74) is -0.188. The highest BCUT2D eigenvalue weighted by atomic mass is 19.1. The van der Waals surface area contributed by atoms with E-state index >= 15 is 0 Å². The molecule has 0 heterocycles. The first-order chi connectivity index (χ1) is 7.61. The van der Waals surface area contributed by atoms with Gasteiger partial charge in [-0.3, -0.25) is 0 Å². The van der Waals surface area contributed by atoms with Crippen LogP contribution in [0.5, 0.6) is 5.75 Å². The van der Waals surface area contributed by atoms with Crippen LogP contribution in [0.3, 0.4) is 0 Å². The average molecular weight is 224 g/mol. The summed E-state index contributed by atoms with van der Waals surface area (Å²) in [6.45, 7) is 1.89. The molecule has 0 unspecified atom stereocenters. The molecule has 0 amide bonds. The maximum atomic E-state index is 13.6. The van der Waals surface area contributed by atoms with E-state index in [4.69, 9.17) is 4.74 Å². The molecule has 1 saturated carbocycles. The van der Waals surface area contributed by atoms with E-state index in [2.05, 4.69) is 0 Å². The molecule has 1 aromatic carbocycles. The number of aliphatic hydroxyl groups is 1. The summed E-state index contributed by atoms with van der Waals surface area (Å²) in [6.07, 6.45) is 3.55. The molecule has 2 rings (SSSR count). The summed E-state index contributed by atoms with van der Waals surface area (Å²) >= 11 is 0. The molecule has 0 saturated heterocycles. The third kappa shape index (κ3) is 2.35. The van der Waals surface area contributed by atoms with E-state index in [0.717, 1.165) is 25.7 Å². The van der Waals surface area contributed by atoms with E-state index in [0.29, 0.717) is 5.56 Å². The van der Waals surface area contributed by atoms with Gasteiger partial charge in [0.15, 0.2) is 11.6 Å². The zero-order chi connectivity index (χ0) is 11.6. The van der Waals surface area contributed by atoms with E-state index in [1.54, 1.807) is 25.1 Å². The van der Waals surface area contributed by atoms with Crippen molar-refractivity contribution in [3.8, 4) is 5.75 Å². The Morgan fingerprint density at radius 1 is 1.38 bits per heavy atom. The number of rotatable bonds is 3. The van der Waals surface area contributed by atoms with Crippen LogP contribution >= 0.6 is 0 Å². The van der Waals surface area contributed by atoms with Gasteiger partial charge in [-0.1, -0.05) is 25.0 Å². The molecule has 0 radical (unpaired) electrons. The van der Waals surface area contributed by atoms with E-state index in [-0.39, 0.29) is 18.2 Å². The van der Waals surface area contributed by atoms with Crippen LogP contribution in [0.4, 0.5) is 4.39 Å². The minimum atomic E-state index is -0.754. The van der Waals surface area contributed by atoms with Crippen molar-refractivity contribution >= 4 is 0 Å². The quantitative estimate of drug-likeness (QED) is 0.855. The second-order valence-corrected chi connectivity index (χ2v) is 4.61. The second-order valence-electron chi connectivity index (χ2n) is 4.61. The Balaban J connectivity index is 2.02. The summed E-state index contributed by atoms with van der Waals surface area (Å²) in [7, 11) is 0. The lowest BCUT2D eigenvalue weighted by Crippen LogP contribution is -2.32. The number of hydrogen-bond donors (Lipinski definition) is 1. The van der Waals surface area contributed by atoms with Crippen LogP contribution in [0.1, 0.15) is 31.2 Å². The first-order valence-electron chi connectivity index (χ1n) is 5.71. The minimum Gasteiger partial charge on any atom is -0.488 e. The third-order valence-electron chi connectivity index (χ3n) is 3.19. The van der Waals surface area contributed by atoms with Gasteiger partial charge in [0.2, 0.25) is 0 Å². The number of aryl methyl sites for hydroxylation is 1. The molecule has 1 aliphatic carbocycles. The SMILES string of the molecule is Cc1cccc(OCC2(O)CCCC2)c1F. The van der Waals surface area contributed by atoms with Gasteiger partial charge in [0.25, 0.3) is 0 Å². The van der Waals surface area contributed by atoms with Crippen molar-refractivity contribution in [2.75, 3.05) is 6.61 Å². The zero-order valence-electron chi connectivity index (χ0n) is 9.50. The van der Waals surface area contributed by atoms with Crippen molar-refractivity contribution in [2.45, 2.75) is 38.2 Å². The van der Waals surface area contributed by atoms with Gasteiger partial charge in [-0.2, -0.15) is 0 Å². The lowest BCUT2D eigenvalue weighted by Gasteiger charge is -2.22. The predicted octanol–water partition coefficient (Wildman–Crippen LogP) is 2.82. The third-order valence-corrected chi connectivity index (χ3v) is 3.19. The number of hydrogen-bond acceptors (Lipinski definition) is 2. The maximum absolute atomic E-state index is 13.6. The van der Waals surface area contributed by atoms with Gasteiger partial charge in [-0.15, -0.1) is 0 Å². The summed E-state index contributed by atoms with van der Waals surface area (Å²) < 4.78 is 19.0. The van der Waals surface area contributed by atoms with Crippen LogP contribution in [0.25, 0.3) is 0 Å². The fourth-order valence-electron chi connectivity index (χ4n) is 2.12. The molecule has 1 aromatic rings. The molecule has 0 atom stereocenters. The van der Waals surface area contributed by atoms with E-state index in [1.807, 2.05) is 0 Å². The summed E-state index contributed by atoms with van der Waals surface area (Å²) in [4.78, 5) is 0. The monoisotopic (exact) mass is 224 g/mol. The Morgan fingerprint density at radius 3 is 2.75 bits per heavy atom. The second kappa shape index (κ2) is 4.42. The molecule has 3 heteroatoms. The summed E-state index contributed by atoms with van der Waals surface area (Å²) in [5, 5.41) is 10.1. The first-order valence-corrected chi connectivity index (χ1v) is 5.71. The van der Waals surface area contributed by atoms with Crippen molar-refractivity contribution < 1.29 is 14.2 Å². The lowest BCUT2D eigenvalue weighted by atomic mass is 10.0. The van der Waals surface area contributed by atoms with Crippen molar-refractivity contribution in [3.05, 3.63) is 29.6 Å². The number of benzene rings is 1. The number of halogens is 1. The van der Waals surface area contributed by atoms with Crippen LogP contribution < -0.4 is 4.74 Å². The van der Waals surface area contributed by atoms with Crippen LogP contribution in [0, 0.1) is 12.7 Å². The molecule has 1 N–H and O–H groups in total. The van der Waals surface area contributed by atoms with E-state index < -0.39 is 5.60 Å². The van der Waals surface area contributed by atoms with Crippen LogP contribution in [-0.4, -0.2) is 17.3 Å². The highest BCUT2D eigenvalue weighted by molar-refractivity contribution is 5.30. The Morgan fingerprint density at radius 2 is 2.06 bits per heavy atom. The van der Waals surface area contributed by atoms with Gasteiger partial charge in [-0.05, 0) is 31.4 Å². The molecule has 0 bridgehead atoms. The fraction of sp³-hybridized carbons (Fsp3) is 0.538. The molecular weight excluding hydrogens is 207 g/mol. The summed E-state index contributed by atoms with van der Waals surface area (Å²) in [5.74, 6) is -0.0931. The van der Waals surface area contributed by atoms with Crippen LogP contribution in [-0.2, 0) is 0 Å². The normalized spacial score (nSPS) is 18.7. The first kappa shape index (κ1) is 11.4. The van der Waals surface area contributed by atoms with Gasteiger partial charge in [0.1, 0.15) is 6.61 Å². The predicted molar refractivity (Wildman–Crippen MR) is 60.0 cm³/mol. The molecule has 2 nitrogen and oxygen atoms in total. The fourth-order valence-corrected chi connectivity index (χ4v) is 2.12. The van der Waals surface area contributed by atoms with Gasteiger partial charge in [0.05, 0.1) is 5.60 Å². The highest BCUT2D eigenvalue weighted by Gasteiger charge is 2.32. The maximum Gasteiger partial charge on any atom is 0.167 e. The number of ether oxygens (including phenoxy) is 1. The molecule has 1 aliphatic rings. The molecule has 1 fully saturated rings. The molecule has 0 aromatic heterocycles. The lowest BCUT2D eigenvalue weighted by molar-refractivity contribution is 0.000296. The van der Waals surface area contributed by atoms with Crippen LogP contribution in [0.2, 0.25) is 0 Å². The van der Waals surface area contributed by atoms with E-state index in [9.17, 15) is 9.50 Å². The van der Waals surface area contributed by atoms with Crippen molar-refractivity contribution in [1.82, 2.24) is 0 Å². The van der Waals surface area contributed by atoms with Gasteiger partial charge >= 0.3 is 0 Å².